The van der Waals surface area contributed by atoms with E-state index in [1.165, 1.54) is 5.56 Å². The van der Waals surface area contributed by atoms with Gasteiger partial charge in [0.2, 0.25) is 0 Å². The van der Waals surface area contributed by atoms with Crippen molar-refractivity contribution in [2.75, 3.05) is 6.54 Å². The van der Waals surface area contributed by atoms with Crippen molar-refractivity contribution in [2.45, 2.75) is 26.2 Å². The Morgan fingerprint density at radius 1 is 1.19 bits per heavy atom. The molecule has 0 fully saturated rings. The minimum absolute atomic E-state index is 0.0258. The number of carbonyl (C=O) groups is 1. The number of rotatable bonds is 5. The molecule has 0 bridgehead atoms. The molecule has 0 radical (unpaired) electrons. The van der Waals surface area contributed by atoms with Crippen molar-refractivity contribution < 1.29 is 4.79 Å². The summed E-state index contributed by atoms with van der Waals surface area (Å²) in [4.78, 5) is 12.2. The van der Waals surface area contributed by atoms with E-state index in [0.29, 0.717) is 18.0 Å². The minimum atomic E-state index is -0.0258. The Balaban J connectivity index is 1.87. The second-order valence-corrected chi connectivity index (χ2v) is 6.19. The van der Waals surface area contributed by atoms with E-state index in [1.54, 1.807) is 0 Å². The van der Waals surface area contributed by atoms with Gasteiger partial charge in [-0.15, -0.1) is 0 Å². The third kappa shape index (κ3) is 4.43. The monoisotopic (exact) mass is 345 g/mol. The van der Waals surface area contributed by atoms with E-state index in [0.717, 1.165) is 16.5 Å². The summed E-state index contributed by atoms with van der Waals surface area (Å²) in [5, 5.41) is 2.99. The van der Waals surface area contributed by atoms with Crippen molar-refractivity contribution in [1.82, 2.24) is 5.32 Å². The van der Waals surface area contributed by atoms with E-state index in [2.05, 4.69) is 40.3 Å². The van der Waals surface area contributed by atoms with E-state index < -0.39 is 0 Å². The van der Waals surface area contributed by atoms with Crippen LogP contribution in [0.5, 0.6) is 0 Å². The van der Waals surface area contributed by atoms with Gasteiger partial charge in [0.15, 0.2) is 0 Å². The van der Waals surface area contributed by atoms with Crippen molar-refractivity contribution >= 4 is 21.8 Å². The van der Waals surface area contributed by atoms with Crippen LogP contribution in [-0.2, 0) is 0 Å². The fourth-order valence-corrected chi connectivity index (χ4v) is 2.92. The Morgan fingerprint density at radius 3 is 2.57 bits per heavy atom. The molecule has 0 saturated carbocycles. The van der Waals surface area contributed by atoms with Gasteiger partial charge in [0, 0.05) is 11.0 Å². The number of amides is 1. The van der Waals surface area contributed by atoms with Crippen LogP contribution < -0.4 is 5.32 Å². The van der Waals surface area contributed by atoms with Crippen molar-refractivity contribution in [2.24, 2.45) is 0 Å². The maximum atomic E-state index is 12.2. The van der Waals surface area contributed by atoms with Crippen molar-refractivity contribution in [1.29, 1.82) is 0 Å². The highest BCUT2D eigenvalue weighted by molar-refractivity contribution is 9.10. The van der Waals surface area contributed by atoms with Crippen LogP contribution in [0.4, 0.5) is 0 Å². The highest BCUT2D eigenvalue weighted by atomic mass is 79.9. The Labute approximate surface area is 134 Å². The highest BCUT2D eigenvalue weighted by Gasteiger charge is 2.10. The lowest BCUT2D eigenvalue weighted by Gasteiger charge is -2.13. The molecule has 1 amide bonds. The number of hydrogen-bond donors (Lipinski definition) is 1. The molecule has 2 aromatic carbocycles. The van der Waals surface area contributed by atoms with Crippen molar-refractivity contribution in [3.63, 3.8) is 0 Å². The molecule has 0 heterocycles. The first-order valence-electron chi connectivity index (χ1n) is 7.17. The molecule has 0 saturated heterocycles. The first-order chi connectivity index (χ1) is 10.1. The molecule has 0 aliphatic heterocycles. The largest absolute Gasteiger partial charge is 0.352 e. The van der Waals surface area contributed by atoms with Crippen LogP contribution in [-0.4, -0.2) is 12.5 Å². The molecule has 0 spiro atoms. The fourth-order valence-electron chi connectivity index (χ4n) is 2.25. The van der Waals surface area contributed by atoms with Crippen LogP contribution in [0.1, 0.15) is 40.7 Å². The summed E-state index contributed by atoms with van der Waals surface area (Å²) >= 11 is 3.44. The third-order valence-electron chi connectivity index (χ3n) is 3.60. The van der Waals surface area contributed by atoms with E-state index in [4.69, 9.17) is 0 Å². The summed E-state index contributed by atoms with van der Waals surface area (Å²) in [7, 11) is 0. The Kier molecular flexibility index (Phi) is 5.57. The smallest absolute Gasteiger partial charge is 0.252 e. The predicted octanol–water partition coefficient (Wildman–Crippen LogP) is 4.68. The molecule has 1 N–H and O–H groups in total. The maximum absolute atomic E-state index is 12.2. The van der Waals surface area contributed by atoms with Crippen LogP contribution >= 0.6 is 15.9 Å². The molecule has 1 unspecified atom stereocenters. The average Bonchev–Trinajstić information content (AvgIpc) is 2.47. The minimum Gasteiger partial charge on any atom is -0.352 e. The number of halogens is 1. The van der Waals surface area contributed by atoms with Gasteiger partial charge < -0.3 is 5.32 Å². The van der Waals surface area contributed by atoms with E-state index >= 15 is 0 Å². The SMILES string of the molecule is Cc1ccc(C(=O)NCCC(C)c2ccccc2)c(Br)c1. The Morgan fingerprint density at radius 2 is 1.90 bits per heavy atom. The molecule has 0 aromatic heterocycles. The van der Waals surface area contributed by atoms with Gasteiger partial charge in [0.25, 0.3) is 5.91 Å². The Bertz CT molecular complexity index is 610. The topological polar surface area (TPSA) is 29.1 Å². The molecular weight excluding hydrogens is 326 g/mol. The van der Waals surface area contributed by atoms with Crippen molar-refractivity contribution in [3.05, 3.63) is 69.7 Å². The normalized spacial score (nSPS) is 12.0. The number of benzene rings is 2. The summed E-state index contributed by atoms with van der Waals surface area (Å²) in [6, 6.07) is 16.1. The average molecular weight is 346 g/mol. The van der Waals surface area contributed by atoms with E-state index in [-0.39, 0.29) is 5.91 Å². The molecule has 3 heteroatoms. The lowest BCUT2D eigenvalue weighted by atomic mass is 9.98. The maximum Gasteiger partial charge on any atom is 0.252 e. The molecule has 21 heavy (non-hydrogen) atoms. The van der Waals surface area contributed by atoms with Gasteiger partial charge >= 0.3 is 0 Å². The van der Waals surface area contributed by atoms with Gasteiger partial charge in [-0.1, -0.05) is 43.3 Å². The quantitative estimate of drug-likeness (QED) is 0.837. The van der Waals surface area contributed by atoms with Gasteiger partial charge in [-0.25, -0.2) is 0 Å². The lowest BCUT2D eigenvalue weighted by molar-refractivity contribution is 0.0952. The summed E-state index contributed by atoms with van der Waals surface area (Å²) in [6.45, 7) is 4.87. The van der Waals surface area contributed by atoms with E-state index in [9.17, 15) is 4.79 Å². The lowest BCUT2D eigenvalue weighted by Crippen LogP contribution is -2.25. The second kappa shape index (κ2) is 7.41. The molecular formula is C18H20BrNO. The van der Waals surface area contributed by atoms with Crippen LogP contribution in [0.15, 0.2) is 53.0 Å². The summed E-state index contributed by atoms with van der Waals surface area (Å²) in [6.07, 6.45) is 0.930. The molecule has 1 atom stereocenters. The number of carbonyl (C=O) groups excluding carboxylic acids is 1. The van der Waals surface area contributed by atoms with Gasteiger partial charge in [-0.3, -0.25) is 4.79 Å². The molecule has 110 valence electrons. The standard InChI is InChI=1S/C18H20BrNO/c1-13-8-9-16(17(19)12-13)18(21)20-11-10-14(2)15-6-4-3-5-7-15/h3-9,12,14H,10-11H2,1-2H3,(H,20,21). The second-order valence-electron chi connectivity index (χ2n) is 5.34. The summed E-state index contributed by atoms with van der Waals surface area (Å²) in [5.74, 6) is 0.412. The first kappa shape index (κ1) is 15.8. The van der Waals surface area contributed by atoms with Gasteiger partial charge in [-0.05, 0) is 58.5 Å². The predicted molar refractivity (Wildman–Crippen MR) is 90.7 cm³/mol. The molecule has 0 aliphatic carbocycles. The van der Waals surface area contributed by atoms with E-state index in [1.807, 2.05) is 43.3 Å². The third-order valence-corrected chi connectivity index (χ3v) is 4.26. The highest BCUT2D eigenvalue weighted by Crippen LogP contribution is 2.19. The Hall–Kier alpha value is -1.61. The van der Waals surface area contributed by atoms with Gasteiger partial charge in [-0.2, -0.15) is 0 Å². The molecule has 2 nitrogen and oxygen atoms in total. The fraction of sp³-hybridized carbons (Fsp3) is 0.278. The summed E-state index contributed by atoms with van der Waals surface area (Å²) in [5.41, 5.74) is 3.13. The number of hydrogen-bond acceptors (Lipinski definition) is 1. The zero-order chi connectivity index (χ0) is 15.2. The zero-order valence-corrected chi connectivity index (χ0v) is 14.0. The molecule has 0 aliphatic rings. The van der Waals surface area contributed by atoms with Crippen LogP contribution in [0.3, 0.4) is 0 Å². The van der Waals surface area contributed by atoms with Crippen LogP contribution in [0.2, 0.25) is 0 Å². The zero-order valence-electron chi connectivity index (χ0n) is 12.4. The van der Waals surface area contributed by atoms with Gasteiger partial charge in [0.1, 0.15) is 0 Å². The molecule has 2 rings (SSSR count). The van der Waals surface area contributed by atoms with Crippen LogP contribution in [0, 0.1) is 6.92 Å². The van der Waals surface area contributed by atoms with Gasteiger partial charge in [0.05, 0.1) is 5.56 Å². The van der Waals surface area contributed by atoms with Crippen LogP contribution in [0.25, 0.3) is 0 Å². The number of nitrogens with one attached hydrogen (secondary N) is 1. The summed E-state index contributed by atoms with van der Waals surface area (Å²) < 4.78 is 0.844. The van der Waals surface area contributed by atoms with Crippen molar-refractivity contribution in [3.8, 4) is 0 Å². The number of aryl methyl sites for hydroxylation is 1. The molecule has 2 aromatic rings. The first-order valence-corrected chi connectivity index (χ1v) is 7.96.